The van der Waals surface area contributed by atoms with Crippen LogP contribution in [0.15, 0.2) is 17.5 Å². The zero-order valence-electron chi connectivity index (χ0n) is 12.7. The molecule has 118 valence electrons. The number of hydrogen-bond acceptors (Lipinski definition) is 4. The minimum absolute atomic E-state index is 0.151. The van der Waals surface area contributed by atoms with Crippen molar-refractivity contribution < 1.29 is 9.59 Å². The predicted molar refractivity (Wildman–Crippen MR) is 88.7 cm³/mol. The SMILES string of the molecule is CC12CCC(=O)N1C(C(=O)N1CCCC1c1cccs1)CS2. The first-order valence-corrected chi connectivity index (χ1v) is 9.77. The molecule has 1 aromatic heterocycles. The van der Waals surface area contributed by atoms with Crippen LogP contribution in [0.5, 0.6) is 0 Å². The lowest BCUT2D eigenvalue weighted by atomic mass is 10.1. The zero-order chi connectivity index (χ0) is 15.3. The van der Waals surface area contributed by atoms with E-state index in [1.807, 2.05) is 15.9 Å². The van der Waals surface area contributed by atoms with Gasteiger partial charge in [0.05, 0.1) is 10.9 Å². The molecule has 0 aromatic carbocycles. The molecular weight excluding hydrogens is 316 g/mol. The highest BCUT2D eigenvalue weighted by Crippen LogP contribution is 2.48. The average Bonchev–Trinajstić information content (AvgIpc) is 3.23. The molecule has 4 nitrogen and oxygen atoms in total. The molecule has 3 aliphatic heterocycles. The summed E-state index contributed by atoms with van der Waals surface area (Å²) in [5.74, 6) is 1.05. The molecule has 0 saturated carbocycles. The van der Waals surface area contributed by atoms with E-state index in [-0.39, 0.29) is 28.8 Å². The minimum Gasteiger partial charge on any atom is -0.333 e. The van der Waals surface area contributed by atoms with Gasteiger partial charge < -0.3 is 9.80 Å². The number of nitrogens with zero attached hydrogens (tertiary/aromatic N) is 2. The quantitative estimate of drug-likeness (QED) is 0.834. The molecule has 3 unspecified atom stereocenters. The van der Waals surface area contributed by atoms with Crippen LogP contribution in [-0.2, 0) is 9.59 Å². The number of thioether (sulfide) groups is 1. The fourth-order valence-electron chi connectivity index (χ4n) is 4.00. The fourth-order valence-corrected chi connectivity index (χ4v) is 6.30. The summed E-state index contributed by atoms with van der Waals surface area (Å²) in [4.78, 5) is 30.4. The molecule has 4 rings (SSSR count). The molecule has 0 N–H and O–H groups in total. The van der Waals surface area contributed by atoms with Gasteiger partial charge in [-0.2, -0.15) is 0 Å². The maximum Gasteiger partial charge on any atom is 0.246 e. The number of fused-ring (bicyclic) bond motifs is 1. The Morgan fingerprint density at radius 2 is 2.32 bits per heavy atom. The second-order valence-electron chi connectivity index (χ2n) is 6.47. The van der Waals surface area contributed by atoms with Crippen LogP contribution in [0.2, 0.25) is 0 Å². The maximum absolute atomic E-state index is 13.1. The Balaban J connectivity index is 1.58. The highest BCUT2D eigenvalue weighted by molar-refractivity contribution is 8.01. The molecule has 22 heavy (non-hydrogen) atoms. The molecule has 2 amide bonds. The predicted octanol–water partition coefficient (Wildman–Crippen LogP) is 2.87. The van der Waals surface area contributed by atoms with Crippen molar-refractivity contribution in [3.63, 3.8) is 0 Å². The first-order valence-electron chi connectivity index (χ1n) is 7.90. The Morgan fingerprint density at radius 3 is 3.09 bits per heavy atom. The second-order valence-corrected chi connectivity index (χ2v) is 8.95. The molecule has 0 bridgehead atoms. The summed E-state index contributed by atoms with van der Waals surface area (Å²) in [6, 6.07) is 4.12. The lowest BCUT2D eigenvalue weighted by Gasteiger charge is -2.33. The lowest BCUT2D eigenvalue weighted by molar-refractivity contribution is -0.144. The summed E-state index contributed by atoms with van der Waals surface area (Å²) in [6.07, 6.45) is 3.55. The van der Waals surface area contributed by atoms with Gasteiger partial charge in [-0.15, -0.1) is 23.1 Å². The third-order valence-corrected chi connectivity index (χ3v) is 7.62. The third-order valence-electron chi connectivity index (χ3n) is 5.14. The number of thiophene rings is 1. The number of rotatable bonds is 2. The van der Waals surface area contributed by atoms with Crippen molar-refractivity contribution in [2.45, 2.75) is 49.6 Å². The van der Waals surface area contributed by atoms with Crippen molar-refractivity contribution in [2.75, 3.05) is 12.3 Å². The first-order chi connectivity index (χ1) is 10.6. The summed E-state index contributed by atoms with van der Waals surface area (Å²) in [7, 11) is 0. The number of carbonyl (C=O) groups is 2. The molecule has 3 saturated heterocycles. The molecule has 0 aliphatic carbocycles. The van der Waals surface area contributed by atoms with Gasteiger partial charge in [0, 0.05) is 23.6 Å². The Bertz CT molecular complexity index is 603. The van der Waals surface area contributed by atoms with Crippen LogP contribution in [0.25, 0.3) is 0 Å². The Morgan fingerprint density at radius 1 is 1.45 bits per heavy atom. The van der Waals surface area contributed by atoms with Gasteiger partial charge in [-0.1, -0.05) is 6.07 Å². The van der Waals surface area contributed by atoms with Gasteiger partial charge in [-0.25, -0.2) is 0 Å². The van der Waals surface area contributed by atoms with Gasteiger partial charge in [0.2, 0.25) is 11.8 Å². The lowest BCUT2D eigenvalue weighted by Crippen LogP contribution is -2.51. The van der Waals surface area contributed by atoms with E-state index in [0.717, 1.165) is 31.6 Å². The molecule has 3 atom stereocenters. The Kier molecular flexibility index (Phi) is 3.49. The largest absolute Gasteiger partial charge is 0.333 e. The Hall–Kier alpha value is -1.01. The van der Waals surface area contributed by atoms with Crippen LogP contribution in [0.4, 0.5) is 0 Å². The van der Waals surface area contributed by atoms with E-state index in [1.54, 1.807) is 23.1 Å². The smallest absolute Gasteiger partial charge is 0.246 e. The third kappa shape index (κ3) is 2.11. The first kappa shape index (κ1) is 14.6. The van der Waals surface area contributed by atoms with Crippen molar-refractivity contribution in [3.8, 4) is 0 Å². The number of amides is 2. The maximum atomic E-state index is 13.1. The molecule has 3 aliphatic rings. The van der Waals surface area contributed by atoms with E-state index in [0.29, 0.717) is 6.42 Å². The van der Waals surface area contributed by atoms with Crippen LogP contribution >= 0.6 is 23.1 Å². The van der Waals surface area contributed by atoms with Crippen molar-refractivity contribution in [2.24, 2.45) is 0 Å². The minimum atomic E-state index is -0.259. The topological polar surface area (TPSA) is 40.6 Å². The Labute approximate surface area is 138 Å². The van der Waals surface area contributed by atoms with Gasteiger partial charge in [0.1, 0.15) is 6.04 Å². The summed E-state index contributed by atoms with van der Waals surface area (Å²) in [5, 5.41) is 2.07. The molecule has 4 heterocycles. The van der Waals surface area contributed by atoms with E-state index in [2.05, 4.69) is 18.4 Å². The van der Waals surface area contributed by atoms with E-state index < -0.39 is 0 Å². The molecule has 0 radical (unpaired) electrons. The highest BCUT2D eigenvalue weighted by atomic mass is 32.2. The van der Waals surface area contributed by atoms with Crippen molar-refractivity contribution >= 4 is 34.9 Å². The molecule has 6 heteroatoms. The average molecular weight is 336 g/mol. The summed E-state index contributed by atoms with van der Waals surface area (Å²) >= 11 is 3.50. The molecule has 1 aromatic rings. The van der Waals surface area contributed by atoms with Crippen LogP contribution in [0.1, 0.15) is 43.5 Å². The monoisotopic (exact) mass is 336 g/mol. The van der Waals surface area contributed by atoms with Gasteiger partial charge in [-0.05, 0) is 37.6 Å². The molecule has 0 spiro atoms. The highest BCUT2D eigenvalue weighted by Gasteiger charge is 2.54. The number of carbonyl (C=O) groups excluding carboxylic acids is 2. The van der Waals surface area contributed by atoms with E-state index in [4.69, 9.17) is 0 Å². The summed E-state index contributed by atoms with van der Waals surface area (Å²) < 4.78 is 0. The van der Waals surface area contributed by atoms with E-state index in [1.165, 1.54) is 4.88 Å². The normalized spacial score (nSPS) is 34.5. The summed E-state index contributed by atoms with van der Waals surface area (Å²) in [5.41, 5.74) is 0. The van der Waals surface area contributed by atoms with Crippen molar-refractivity contribution in [1.82, 2.24) is 9.80 Å². The van der Waals surface area contributed by atoms with Crippen molar-refractivity contribution in [3.05, 3.63) is 22.4 Å². The van der Waals surface area contributed by atoms with Crippen LogP contribution in [-0.4, -0.2) is 44.8 Å². The van der Waals surface area contributed by atoms with Crippen LogP contribution < -0.4 is 0 Å². The van der Waals surface area contributed by atoms with Gasteiger partial charge in [0.15, 0.2) is 0 Å². The number of hydrogen-bond donors (Lipinski definition) is 0. The molecular formula is C16H20N2O2S2. The van der Waals surface area contributed by atoms with E-state index in [9.17, 15) is 9.59 Å². The standard InChI is InChI=1S/C16H20N2O2S2/c1-16-7-6-14(19)18(16)12(10-22-16)15(20)17-8-2-4-11(17)13-5-3-9-21-13/h3,5,9,11-12H,2,4,6-8,10H2,1H3. The van der Waals surface area contributed by atoms with E-state index >= 15 is 0 Å². The van der Waals surface area contributed by atoms with Gasteiger partial charge >= 0.3 is 0 Å². The zero-order valence-corrected chi connectivity index (χ0v) is 14.3. The van der Waals surface area contributed by atoms with Crippen LogP contribution in [0.3, 0.4) is 0 Å². The number of likely N-dealkylation sites (tertiary alicyclic amines) is 1. The second kappa shape index (κ2) is 5.27. The van der Waals surface area contributed by atoms with Gasteiger partial charge in [-0.3, -0.25) is 9.59 Å². The van der Waals surface area contributed by atoms with Crippen molar-refractivity contribution in [1.29, 1.82) is 0 Å². The fraction of sp³-hybridized carbons (Fsp3) is 0.625. The molecule has 3 fully saturated rings. The summed E-state index contributed by atoms with van der Waals surface area (Å²) in [6.45, 7) is 2.93. The van der Waals surface area contributed by atoms with Crippen LogP contribution in [0, 0.1) is 0 Å². The van der Waals surface area contributed by atoms with Gasteiger partial charge in [0.25, 0.3) is 0 Å².